The molecule has 0 aliphatic carbocycles. The molecule has 10 nitrogen and oxygen atoms in total. The van der Waals surface area contributed by atoms with Crippen LogP contribution < -0.4 is 24.9 Å². The van der Waals surface area contributed by atoms with Crippen LogP contribution in [0.5, 0.6) is 5.75 Å². The molecular weight excluding hydrogens is 526 g/mol. The van der Waals surface area contributed by atoms with Crippen LogP contribution in [0, 0.1) is 11.6 Å². The van der Waals surface area contributed by atoms with Crippen LogP contribution in [0.4, 0.5) is 30.6 Å². The van der Waals surface area contributed by atoms with Crippen molar-refractivity contribution in [2.75, 3.05) is 54.0 Å². The molecule has 3 aliphatic rings. The lowest BCUT2D eigenvalue weighted by Crippen LogP contribution is -2.47. The number of aromatic carboxylic acids is 1. The Kier molecular flexibility index (Phi) is 6.27. The normalized spacial score (nSPS) is 20.6. The van der Waals surface area contributed by atoms with Gasteiger partial charge in [0.15, 0.2) is 11.6 Å². The molecule has 3 aliphatic heterocycles. The predicted molar refractivity (Wildman–Crippen MR) is 144 cm³/mol. The first-order valence-corrected chi connectivity index (χ1v) is 13.2. The zero-order valence-corrected chi connectivity index (χ0v) is 22.0. The van der Waals surface area contributed by atoms with E-state index in [0.717, 1.165) is 6.07 Å². The van der Waals surface area contributed by atoms with Crippen molar-refractivity contribution in [1.82, 2.24) is 4.57 Å². The lowest BCUT2D eigenvalue weighted by molar-refractivity contribution is 0.0694. The molecule has 2 saturated heterocycles. The topological polar surface area (TPSA) is 105 Å². The summed E-state index contributed by atoms with van der Waals surface area (Å²) in [4.78, 5) is 41.7. The van der Waals surface area contributed by atoms with Gasteiger partial charge in [-0.15, -0.1) is 0 Å². The maximum absolute atomic E-state index is 15.5. The molecule has 1 aromatic heterocycles. The van der Waals surface area contributed by atoms with Crippen molar-refractivity contribution in [1.29, 1.82) is 0 Å². The van der Waals surface area contributed by atoms with Gasteiger partial charge in [0.25, 0.3) is 0 Å². The minimum absolute atomic E-state index is 0.0457. The molecule has 0 radical (unpaired) electrons. The van der Waals surface area contributed by atoms with Gasteiger partial charge in [-0.05, 0) is 37.6 Å². The number of piperazine rings is 1. The monoisotopic (exact) mass is 554 g/mol. The van der Waals surface area contributed by atoms with E-state index in [2.05, 4.69) is 0 Å². The summed E-state index contributed by atoms with van der Waals surface area (Å²) < 4.78 is 43.6. The summed E-state index contributed by atoms with van der Waals surface area (Å²) in [5.41, 5.74) is 0.182. The molecule has 2 atom stereocenters. The summed E-state index contributed by atoms with van der Waals surface area (Å²) >= 11 is 0. The molecule has 3 aromatic rings. The predicted octanol–water partition coefficient (Wildman–Crippen LogP) is 3.99. The largest absolute Gasteiger partial charge is 0.487 e. The summed E-state index contributed by atoms with van der Waals surface area (Å²) in [5, 5.41) is 9.44. The molecule has 2 fully saturated rings. The highest BCUT2D eigenvalue weighted by molar-refractivity contribution is 5.97. The average Bonchev–Trinajstić information content (AvgIpc) is 3.32. The number of carbonyl (C=O) groups is 2. The van der Waals surface area contributed by atoms with Gasteiger partial charge in [-0.1, -0.05) is 6.92 Å². The SMILES string of the molecule is CC[C@H]1CN(c2ccc(N3CCN(c4c(F)cc5c(=O)c(C(=O)O)cn6c5c4OCC6C)CC3)c(F)c2)C(=O)O1. The molecule has 4 heterocycles. The van der Waals surface area contributed by atoms with Crippen LogP contribution in [0.25, 0.3) is 10.9 Å². The minimum Gasteiger partial charge on any atom is -0.487 e. The van der Waals surface area contributed by atoms with Gasteiger partial charge in [0, 0.05) is 32.4 Å². The summed E-state index contributed by atoms with van der Waals surface area (Å²) in [6, 6.07) is 5.48. The molecular formula is C28H28F2N4O6. The first kappa shape index (κ1) is 25.9. The lowest BCUT2D eigenvalue weighted by Gasteiger charge is -2.39. The second-order valence-corrected chi connectivity index (χ2v) is 10.3. The first-order chi connectivity index (χ1) is 19.2. The van der Waals surface area contributed by atoms with E-state index in [9.17, 15) is 19.5 Å². The maximum Gasteiger partial charge on any atom is 0.414 e. The van der Waals surface area contributed by atoms with Crippen LogP contribution in [0.15, 0.2) is 35.3 Å². The Hall–Kier alpha value is -4.35. The van der Waals surface area contributed by atoms with E-state index in [0.29, 0.717) is 56.0 Å². The molecule has 40 heavy (non-hydrogen) atoms. The van der Waals surface area contributed by atoms with Crippen LogP contribution in [0.3, 0.4) is 0 Å². The van der Waals surface area contributed by atoms with E-state index in [1.165, 1.54) is 17.2 Å². The highest BCUT2D eigenvalue weighted by atomic mass is 19.1. The minimum atomic E-state index is -1.37. The van der Waals surface area contributed by atoms with Gasteiger partial charge in [-0.25, -0.2) is 18.4 Å². The number of anilines is 3. The fourth-order valence-corrected chi connectivity index (χ4v) is 5.69. The van der Waals surface area contributed by atoms with E-state index in [1.807, 2.05) is 18.7 Å². The highest BCUT2D eigenvalue weighted by Gasteiger charge is 2.33. The third-order valence-corrected chi connectivity index (χ3v) is 7.88. The van der Waals surface area contributed by atoms with Crippen LogP contribution >= 0.6 is 0 Å². The molecule has 1 N–H and O–H groups in total. The third-order valence-electron chi connectivity index (χ3n) is 7.88. The molecule has 210 valence electrons. The number of carboxylic acids is 1. The Morgan fingerprint density at radius 1 is 1.07 bits per heavy atom. The Balaban J connectivity index is 1.27. The smallest absolute Gasteiger partial charge is 0.414 e. The number of carbonyl (C=O) groups excluding carboxylic acids is 1. The summed E-state index contributed by atoms with van der Waals surface area (Å²) in [7, 11) is 0. The summed E-state index contributed by atoms with van der Waals surface area (Å²) in [6.07, 6.45) is 1.26. The number of cyclic esters (lactones) is 1. The zero-order valence-electron chi connectivity index (χ0n) is 22.0. The van der Waals surface area contributed by atoms with E-state index >= 15 is 8.78 Å². The summed E-state index contributed by atoms with van der Waals surface area (Å²) in [5.74, 6) is -2.33. The number of amides is 1. The highest BCUT2D eigenvalue weighted by Crippen LogP contribution is 2.42. The van der Waals surface area contributed by atoms with Crippen molar-refractivity contribution in [3.8, 4) is 5.75 Å². The molecule has 1 unspecified atom stereocenters. The number of hydrogen-bond donors (Lipinski definition) is 1. The first-order valence-electron chi connectivity index (χ1n) is 13.2. The van der Waals surface area contributed by atoms with Crippen molar-refractivity contribution >= 4 is 40.0 Å². The van der Waals surface area contributed by atoms with Crippen LogP contribution in [0.2, 0.25) is 0 Å². The Labute approximate surface area is 227 Å². The van der Waals surface area contributed by atoms with E-state index in [1.54, 1.807) is 21.6 Å². The fourth-order valence-electron chi connectivity index (χ4n) is 5.69. The number of nitrogens with zero attached hydrogens (tertiary/aromatic N) is 4. The van der Waals surface area contributed by atoms with Gasteiger partial charge in [0.1, 0.15) is 29.8 Å². The molecule has 0 spiro atoms. The fraction of sp³-hybridized carbons (Fsp3) is 0.393. The Bertz CT molecular complexity index is 1600. The molecule has 2 aromatic carbocycles. The van der Waals surface area contributed by atoms with E-state index in [4.69, 9.17) is 9.47 Å². The number of benzene rings is 2. The number of ether oxygens (including phenoxy) is 2. The number of rotatable bonds is 5. The van der Waals surface area contributed by atoms with Gasteiger partial charge < -0.3 is 28.9 Å². The van der Waals surface area contributed by atoms with Crippen LogP contribution in [-0.2, 0) is 4.74 Å². The van der Waals surface area contributed by atoms with Gasteiger partial charge >= 0.3 is 12.1 Å². The molecule has 0 saturated carbocycles. The lowest BCUT2D eigenvalue weighted by atomic mass is 10.1. The Morgan fingerprint density at radius 3 is 2.45 bits per heavy atom. The zero-order chi connectivity index (χ0) is 28.3. The molecule has 0 bridgehead atoms. The van der Waals surface area contributed by atoms with Crippen molar-refractivity contribution in [2.45, 2.75) is 32.4 Å². The standard InChI is InChI=1S/C28H28F2N4O6/c1-3-17-12-34(28(38)40-17)16-4-5-22(20(29)10-16)31-6-8-32(9-7-31)24-21(30)11-18-23-26(24)39-14-15(2)33(23)13-19(25(18)35)27(36)37/h4-5,10-11,13,15,17H,3,6-9,12,14H2,1-2H3,(H,36,37)/t15?,17-/m0/s1. The maximum atomic E-state index is 15.5. The van der Waals surface area contributed by atoms with Crippen molar-refractivity contribution in [3.05, 3.63) is 57.9 Å². The van der Waals surface area contributed by atoms with Gasteiger partial charge in [0.05, 0.1) is 34.9 Å². The second-order valence-electron chi connectivity index (χ2n) is 10.3. The summed E-state index contributed by atoms with van der Waals surface area (Å²) in [6.45, 7) is 5.78. The third kappa shape index (κ3) is 4.09. The second kappa shape index (κ2) is 9.68. The number of hydrogen-bond acceptors (Lipinski definition) is 7. The van der Waals surface area contributed by atoms with Crippen molar-refractivity contribution in [2.24, 2.45) is 0 Å². The van der Waals surface area contributed by atoms with Gasteiger partial charge in [-0.2, -0.15) is 0 Å². The molecule has 12 heteroatoms. The van der Waals surface area contributed by atoms with Gasteiger partial charge in [0.2, 0.25) is 5.43 Å². The van der Waals surface area contributed by atoms with Crippen molar-refractivity contribution < 1.29 is 33.0 Å². The van der Waals surface area contributed by atoms with Crippen LogP contribution in [-0.4, -0.2) is 67.2 Å². The molecule has 1 amide bonds. The number of carboxylic acid groups (broad SMARTS) is 1. The van der Waals surface area contributed by atoms with Crippen molar-refractivity contribution in [3.63, 3.8) is 0 Å². The van der Waals surface area contributed by atoms with E-state index < -0.39 is 34.7 Å². The number of halogens is 2. The average molecular weight is 555 g/mol. The number of aromatic nitrogens is 1. The Morgan fingerprint density at radius 2 is 1.80 bits per heavy atom. The van der Waals surface area contributed by atoms with Gasteiger partial charge in [-0.3, -0.25) is 9.69 Å². The quantitative estimate of drug-likeness (QED) is 0.505. The number of pyridine rings is 1. The molecule has 6 rings (SSSR count). The van der Waals surface area contributed by atoms with E-state index in [-0.39, 0.29) is 35.6 Å². The van der Waals surface area contributed by atoms with Crippen LogP contribution in [0.1, 0.15) is 36.7 Å².